The molecule has 0 aliphatic heterocycles. The third-order valence-corrected chi connectivity index (χ3v) is 8.19. The molecule has 232 valence electrons. The summed E-state index contributed by atoms with van der Waals surface area (Å²) in [5.74, 6) is 10.0. The van der Waals surface area contributed by atoms with Gasteiger partial charge in [0, 0.05) is 24.5 Å². The number of hydrogen-bond acceptors (Lipinski definition) is 10. The van der Waals surface area contributed by atoms with Crippen molar-refractivity contribution in [3.8, 4) is 12.1 Å². The summed E-state index contributed by atoms with van der Waals surface area (Å²) in [6.07, 6.45) is 6.44. The number of nitrogens with two attached hydrogens (primary N) is 2. The minimum absolute atomic E-state index is 0.0260. The molecule has 4 rings (SSSR count). The Morgan fingerprint density at radius 2 is 1.09 bits per heavy atom. The molecule has 0 aliphatic rings. The second-order valence-electron chi connectivity index (χ2n) is 9.47. The molecule has 0 atom stereocenters. The van der Waals surface area contributed by atoms with Gasteiger partial charge in [-0.2, -0.15) is 37.5 Å². The molecule has 0 bridgehead atoms. The summed E-state index contributed by atoms with van der Waals surface area (Å²) in [5, 5.41) is 16.6. The summed E-state index contributed by atoms with van der Waals surface area (Å²) in [5.41, 5.74) is 5.73. The zero-order chi connectivity index (χ0) is 33.7. The van der Waals surface area contributed by atoms with Crippen LogP contribution in [-0.2, 0) is 24.5 Å². The predicted molar refractivity (Wildman–Crippen MR) is 164 cm³/mol. The largest absolute Gasteiger partial charge is 0.313 e. The fourth-order valence-electron chi connectivity index (χ4n) is 4.12. The number of nitrogen functional groups attached to an aromatic ring is 1. The van der Waals surface area contributed by atoms with Crippen LogP contribution in [-0.4, -0.2) is 26.4 Å². The number of rotatable bonds is 3. The molecule has 44 heavy (non-hydrogen) atoms. The van der Waals surface area contributed by atoms with E-state index in [2.05, 4.69) is 9.27 Å². The molecule has 0 fully saturated rings. The Bertz CT molecular complexity index is 1820. The van der Waals surface area contributed by atoms with Gasteiger partial charge in [0.2, 0.25) is 12.4 Å². The van der Waals surface area contributed by atoms with E-state index >= 15 is 0 Å². The first-order valence-electron chi connectivity index (χ1n) is 12.7. The van der Waals surface area contributed by atoms with Gasteiger partial charge in [-0.15, -0.1) is 0 Å². The molecule has 0 saturated carbocycles. The number of aromatic nitrogens is 2. The van der Waals surface area contributed by atoms with E-state index in [4.69, 9.17) is 26.8 Å². The Kier molecular flexibility index (Phi) is 14.3. The summed E-state index contributed by atoms with van der Waals surface area (Å²) >= 11 is 0. The van der Waals surface area contributed by atoms with Crippen molar-refractivity contribution in [2.45, 2.75) is 51.3 Å². The molecule has 14 heteroatoms. The molecule has 2 aromatic heterocycles. The quantitative estimate of drug-likeness (QED) is 0.127. The van der Waals surface area contributed by atoms with Crippen molar-refractivity contribution >= 4 is 20.2 Å². The van der Waals surface area contributed by atoms with Gasteiger partial charge < -0.3 is 0 Å². The molecule has 0 unspecified atom stereocenters. The van der Waals surface area contributed by atoms with E-state index in [1.54, 1.807) is 101 Å². The van der Waals surface area contributed by atoms with Crippen LogP contribution in [0.3, 0.4) is 0 Å². The third-order valence-electron chi connectivity index (χ3n) is 5.63. The van der Waals surface area contributed by atoms with Crippen molar-refractivity contribution < 1.29 is 30.3 Å². The van der Waals surface area contributed by atoms with Gasteiger partial charge in [0.05, 0.1) is 28.2 Å². The average Bonchev–Trinajstić information content (AvgIpc) is 2.93. The topological polar surface area (TPSA) is 214 Å². The van der Waals surface area contributed by atoms with E-state index in [1.165, 1.54) is 4.68 Å². The van der Waals surface area contributed by atoms with Crippen molar-refractivity contribution in [1.29, 1.82) is 10.5 Å². The zero-order valence-electron chi connectivity index (χ0n) is 25.2. The lowest BCUT2D eigenvalue weighted by molar-refractivity contribution is -0.638. The molecule has 2 heterocycles. The van der Waals surface area contributed by atoms with Crippen LogP contribution in [0.1, 0.15) is 44.5 Å². The van der Waals surface area contributed by atoms with Crippen LogP contribution in [0, 0.1) is 64.2 Å². The summed E-state index contributed by atoms with van der Waals surface area (Å²) in [6.45, 7) is 10.6. The Labute approximate surface area is 258 Å². The molecule has 0 radical (unpaired) electrons. The number of hydrogen-bond donors (Lipinski definition) is 3. The Balaban J connectivity index is 0.000000300. The maximum atomic E-state index is 11.4. The van der Waals surface area contributed by atoms with Crippen molar-refractivity contribution in [1.82, 2.24) is 4.98 Å². The second kappa shape index (κ2) is 16.8. The van der Waals surface area contributed by atoms with E-state index in [9.17, 15) is 16.8 Å². The fourth-order valence-corrected chi connectivity index (χ4v) is 6.06. The minimum Gasteiger partial charge on any atom is -0.282 e. The molecule has 0 amide bonds. The van der Waals surface area contributed by atoms with Gasteiger partial charge in [0.25, 0.3) is 10.1 Å². The number of nitriles is 2. The maximum Gasteiger partial charge on any atom is 0.313 e. The Hall–Kier alpha value is -4.70. The number of benzene rings is 2. The van der Waals surface area contributed by atoms with E-state index < -0.39 is 20.2 Å². The lowest BCUT2D eigenvalue weighted by Crippen LogP contribution is -2.43. The van der Waals surface area contributed by atoms with E-state index in [0.717, 1.165) is 11.1 Å². The molecule has 5 N–H and O–H groups in total. The van der Waals surface area contributed by atoms with Crippen LogP contribution in [0.15, 0.2) is 83.1 Å². The van der Waals surface area contributed by atoms with Crippen LogP contribution >= 0.6 is 0 Å². The average molecular weight is 640 g/mol. The highest BCUT2D eigenvalue weighted by Crippen LogP contribution is 2.22. The molecule has 12 nitrogen and oxygen atoms in total. The van der Waals surface area contributed by atoms with Crippen LogP contribution in [0.4, 0.5) is 0 Å². The smallest absolute Gasteiger partial charge is 0.282 e. The number of pyridine rings is 2. The third kappa shape index (κ3) is 11.9. The summed E-state index contributed by atoms with van der Waals surface area (Å²) in [7, 11) is -7.88. The van der Waals surface area contributed by atoms with E-state index in [0.29, 0.717) is 33.4 Å². The number of nitrogens with zero attached hydrogens (tertiary/aromatic N) is 4. The number of aryl methyl sites for hydroxylation is 6. The molecule has 0 spiro atoms. The highest BCUT2D eigenvalue weighted by molar-refractivity contribution is 7.86. The van der Waals surface area contributed by atoms with Crippen molar-refractivity contribution in [2.24, 2.45) is 5.90 Å². The normalized spacial score (nSPS) is 10.3. The molecule has 2 aromatic carbocycles. The van der Waals surface area contributed by atoms with Crippen molar-refractivity contribution in [2.75, 3.05) is 5.84 Å². The Morgan fingerprint density at radius 1 is 0.727 bits per heavy atom. The van der Waals surface area contributed by atoms with Crippen molar-refractivity contribution in [3.05, 3.63) is 118 Å². The SMILES string of the molecule is Cc1cc(C)c(S(=O)(=O)O)c(C)c1.Cc1cc(C)c(S(=O)(=O)ON)c(C)c1.N#Cc1cc[n+](N)cc1.N#Cc1ccncc1. The molecule has 4 aromatic rings. The van der Waals surface area contributed by atoms with E-state index in [-0.39, 0.29) is 9.79 Å². The summed E-state index contributed by atoms with van der Waals surface area (Å²) in [6, 6.07) is 17.6. The molecular formula is C30H35N6O6S2+. The summed E-state index contributed by atoms with van der Waals surface area (Å²) in [4.78, 5) is 3.93. The highest BCUT2D eigenvalue weighted by Gasteiger charge is 2.19. The zero-order valence-corrected chi connectivity index (χ0v) is 26.8. The van der Waals surface area contributed by atoms with Gasteiger partial charge >= 0.3 is 10.1 Å². The molecular weight excluding hydrogens is 604 g/mol. The predicted octanol–water partition coefficient (Wildman–Crippen LogP) is 3.56. The van der Waals surface area contributed by atoms with Crippen LogP contribution in [0.2, 0.25) is 0 Å². The van der Waals surface area contributed by atoms with Gasteiger partial charge in [-0.3, -0.25) is 9.54 Å². The van der Waals surface area contributed by atoms with Gasteiger partial charge in [-0.25, -0.2) is 5.84 Å². The lowest BCUT2D eigenvalue weighted by Gasteiger charge is -2.09. The minimum atomic E-state index is -4.08. The maximum absolute atomic E-state index is 11.4. The summed E-state index contributed by atoms with van der Waals surface area (Å²) < 4.78 is 59.0. The van der Waals surface area contributed by atoms with Gasteiger partial charge in [0.15, 0.2) is 0 Å². The van der Waals surface area contributed by atoms with Crippen LogP contribution < -0.4 is 16.4 Å². The molecule has 0 saturated heterocycles. The van der Waals surface area contributed by atoms with E-state index in [1.807, 2.05) is 26.0 Å². The standard InChI is InChI=1S/C9H13NO3S.C9H12O3S.C6H6N3.C6H4N2/c1-6-4-7(2)9(8(3)5-6)14(11,12)13-10;1-6-4-7(2)9(8(3)5-6)13(10,11)12;7-5-6-1-3-9(8)4-2-6;7-5-6-1-3-8-4-2-6/h4-5H,10H2,1-3H3;4-5H,1-3H3,(H,10,11,12);1-4H,8H2;1-4H/q;;+1;. The highest BCUT2D eigenvalue weighted by atomic mass is 32.2. The van der Waals surface area contributed by atoms with Gasteiger partial charge in [0.1, 0.15) is 4.90 Å². The first kappa shape index (κ1) is 37.3. The second-order valence-corrected chi connectivity index (χ2v) is 12.3. The van der Waals surface area contributed by atoms with Crippen molar-refractivity contribution in [3.63, 3.8) is 0 Å². The molecule has 0 aliphatic carbocycles. The first-order chi connectivity index (χ1) is 20.5. The van der Waals surface area contributed by atoms with Gasteiger partial charge in [-0.05, 0) is 75.9 Å². The lowest BCUT2D eigenvalue weighted by atomic mass is 10.1. The fraction of sp³-hybridized carbons (Fsp3) is 0.200. The monoisotopic (exact) mass is 639 g/mol. The van der Waals surface area contributed by atoms with Gasteiger partial charge in [-0.1, -0.05) is 40.1 Å². The first-order valence-corrected chi connectivity index (χ1v) is 15.5. The van der Waals surface area contributed by atoms with Crippen LogP contribution in [0.25, 0.3) is 0 Å². The van der Waals surface area contributed by atoms with Crippen LogP contribution in [0.5, 0.6) is 0 Å². The Morgan fingerprint density at radius 3 is 1.41 bits per heavy atom.